The molecule has 0 radical (unpaired) electrons. The molecule has 172 valence electrons. The van der Waals surface area contributed by atoms with Crippen LogP contribution in [0.2, 0.25) is 0 Å². The zero-order valence-corrected chi connectivity index (χ0v) is 19.3. The van der Waals surface area contributed by atoms with Crippen molar-refractivity contribution in [3.63, 3.8) is 0 Å². The van der Waals surface area contributed by atoms with Crippen molar-refractivity contribution in [1.29, 1.82) is 0 Å². The minimum absolute atomic E-state index is 0.264. The van der Waals surface area contributed by atoms with Gasteiger partial charge in [-0.2, -0.15) is 0 Å². The number of nitrogens with one attached hydrogen (secondary N) is 2. The third kappa shape index (κ3) is 7.21. The van der Waals surface area contributed by atoms with E-state index in [9.17, 15) is 4.79 Å². The van der Waals surface area contributed by atoms with Gasteiger partial charge >= 0.3 is 0 Å². The number of hydrogen-bond acceptors (Lipinski definition) is 4. The summed E-state index contributed by atoms with van der Waals surface area (Å²) in [4.78, 5) is 21.7. The minimum Gasteiger partial charge on any atom is -0.379 e. The second-order valence-corrected chi connectivity index (χ2v) is 8.76. The number of morpholine rings is 1. The number of carbonyl (C=O) groups excluding carboxylic acids is 1. The molecule has 0 saturated carbocycles. The molecule has 2 saturated heterocycles. The van der Waals surface area contributed by atoms with E-state index in [1.165, 1.54) is 5.56 Å². The van der Waals surface area contributed by atoms with Crippen LogP contribution in [0.25, 0.3) is 0 Å². The Labute approximate surface area is 187 Å². The number of hydrogen-bond donors (Lipinski definition) is 2. The zero-order chi connectivity index (χ0) is 22.1. The van der Waals surface area contributed by atoms with Gasteiger partial charge in [-0.15, -0.1) is 0 Å². The Morgan fingerprint density at radius 1 is 1.29 bits per heavy atom. The van der Waals surface area contributed by atoms with Crippen LogP contribution in [0.15, 0.2) is 35.3 Å². The van der Waals surface area contributed by atoms with Crippen LogP contribution < -0.4 is 10.6 Å². The molecule has 7 nitrogen and oxygen atoms in total. The van der Waals surface area contributed by atoms with Gasteiger partial charge in [0.05, 0.1) is 19.8 Å². The summed E-state index contributed by atoms with van der Waals surface area (Å²) in [6, 6.07) is 11.2. The van der Waals surface area contributed by atoms with E-state index >= 15 is 0 Å². The molecule has 0 bridgehead atoms. The first-order chi connectivity index (χ1) is 15.1. The van der Waals surface area contributed by atoms with Gasteiger partial charge in [-0.3, -0.25) is 14.7 Å². The van der Waals surface area contributed by atoms with Crippen molar-refractivity contribution in [1.82, 2.24) is 20.4 Å². The Morgan fingerprint density at radius 3 is 2.84 bits per heavy atom. The van der Waals surface area contributed by atoms with Gasteiger partial charge in [0, 0.05) is 57.1 Å². The van der Waals surface area contributed by atoms with Gasteiger partial charge in [0.15, 0.2) is 5.96 Å². The molecule has 2 N–H and O–H groups in total. The minimum atomic E-state index is 0.264. The van der Waals surface area contributed by atoms with E-state index in [1.807, 2.05) is 11.0 Å². The summed E-state index contributed by atoms with van der Waals surface area (Å²) in [5.74, 6) is 1.42. The number of ether oxygens (including phenoxy) is 1. The maximum atomic E-state index is 12.4. The first-order valence-corrected chi connectivity index (χ1v) is 11.7. The first-order valence-electron chi connectivity index (χ1n) is 11.7. The second-order valence-electron chi connectivity index (χ2n) is 8.76. The average molecular weight is 430 g/mol. The van der Waals surface area contributed by atoms with E-state index in [-0.39, 0.29) is 5.91 Å². The normalized spacial score (nSPS) is 23.8. The van der Waals surface area contributed by atoms with Crippen LogP contribution in [-0.4, -0.2) is 86.2 Å². The van der Waals surface area contributed by atoms with Gasteiger partial charge in [0.1, 0.15) is 0 Å². The van der Waals surface area contributed by atoms with Gasteiger partial charge in [0.25, 0.3) is 0 Å². The Bertz CT molecular complexity index is 711. The molecule has 0 spiro atoms. The fourth-order valence-electron chi connectivity index (χ4n) is 4.42. The van der Waals surface area contributed by atoms with Gasteiger partial charge in [-0.25, -0.2) is 0 Å². The number of carbonyl (C=O) groups is 1. The van der Waals surface area contributed by atoms with E-state index in [4.69, 9.17) is 9.73 Å². The Morgan fingerprint density at radius 2 is 2.10 bits per heavy atom. The van der Waals surface area contributed by atoms with E-state index in [1.54, 1.807) is 0 Å². The molecule has 31 heavy (non-hydrogen) atoms. The highest BCUT2D eigenvalue weighted by Gasteiger charge is 2.29. The molecule has 1 amide bonds. The number of aliphatic imine (C=N–C) groups is 1. The maximum absolute atomic E-state index is 12.4. The Hall–Kier alpha value is -2.12. The van der Waals surface area contributed by atoms with E-state index < -0.39 is 0 Å². The van der Waals surface area contributed by atoms with Gasteiger partial charge in [-0.1, -0.05) is 30.3 Å². The lowest BCUT2D eigenvalue weighted by atomic mass is 10.1. The fraction of sp³-hybridized carbons (Fsp3) is 0.667. The van der Waals surface area contributed by atoms with Crippen molar-refractivity contribution in [3.8, 4) is 0 Å². The van der Waals surface area contributed by atoms with Crippen LogP contribution in [-0.2, 0) is 16.0 Å². The first kappa shape index (κ1) is 23.5. The molecule has 3 unspecified atom stereocenters. The van der Waals surface area contributed by atoms with Crippen LogP contribution in [0.1, 0.15) is 32.8 Å². The molecule has 7 heteroatoms. The number of benzene rings is 1. The molecule has 0 aromatic heterocycles. The number of amides is 1. The van der Waals surface area contributed by atoms with Crippen molar-refractivity contribution in [2.45, 2.75) is 45.7 Å². The van der Waals surface area contributed by atoms with E-state index in [0.29, 0.717) is 24.4 Å². The summed E-state index contributed by atoms with van der Waals surface area (Å²) in [5.41, 5.74) is 1.28. The van der Waals surface area contributed by atoms with Gasteiger partial charge in [0.2, 0.25) is 5.91 Å². The van der Waals surface area contributed by atoms with Gasteiger partial charge in [-0.05, 0) is 32.8 Å². The lowest BCUT2D eigenvalue weighted by Gasteiger charge is -2.37. The summed E-state index contributed by atoms with van der Waals surface area (Å²) in [6.07, 6.45) is 1.53. The third-order valence-corrected chi connectivity index (χ3v) is 6.21. The molecule has 3 atom stereocenters. The highest BCUT2D eigenvalue weighted by Crippen LogP contribution is 2.17. The summed E-state index contributed by atoms with van der Waals surface area (Å²) in [5, 5.41) is 6.81. The predicted octanol–water partition coefficient (Wildman–Crippen LogP) is 1.74. The largest absolute Gasteiger partial charge is 0.379 e. The lowest BCUT2D eigenvalue weighted by molar-refractivity contribution is -0.127. The molecule has 2 heterocycles. The predicted molar refractivity (Wildman–Crippen MR) is 125 cm³/mol. The molecule has 2 aliphatic rings. The van der Waals surface area contributed by atoms with Crippen molar-refractivity contribution >= 4 is 11.9 Å². The number of likely N-dealkylation sites (tertiary alicyclic amines) is 1. The number of rotatable bonds is 9. The summed E-state index contributed by atoms with van der Waals surface area (Å²) in [7, 11) is 0. The second kappa shape index (κ2) is 12.1. The highest BCUT2D eigenvalue weighted by molar-refractivity contribution is 5.81. The zero-order valence-electron chi connectivity index (χ0n) is 19.3. The fourth-order valence-corrected chi connectivity index (χ4v) is 4.42. The molecular formula is C24H39N5O2. The molecule has 0 aliphatic carbocycles. The lowest BCUT2D eigenvalue weighted by Crippen LogP contribution is -2.49. The molecule has 1 aromatic rings. The van der Waals surface area contributed by atoms with Crippen LogP contribution in [0.4, 0.5) is 0 Å². The van der Waals surface area contributed by atoms with E-state index in [0.717, 1.165) is 64.9 Å². The van der Waals surface area contributed by atoms with Crippen LogP contribution in [0.3, 0.4) is 0 Å². The monoisotopic (exact) mass is 429 g/mol. The van der Waals surface area contributed by atoms with Crippen LogP contribution >= 0.6 is 0 Å². The smallest absolute Gasteiger partial charge is 0.223 e. The van der Waals surface area contributed by atoms with Crippen molar-refractivity contribution in [3.05, 3.63) is 35.9 Å². The quantitative estimate of drug-likeness (QED) is 0.462. The van der Waals surface area contributed by atoms with E-state index in [2.05, 4.69) is 60.6 Å². The molecule has 3 rings (SSSR count). The van der Waals surface area contributed by atoms with Crippen molar-refractivity contribution in [2.24, 2.45) is 10.9 Å². The average Bonchev–Trinajstić information content (AvgIpc) is 3.14. The van der Waals surface area contributed by atoms with Crippen molar-refractivity contribution in [2.75, 3.05) is 52.5 Å². The number of guanidine groups is 1. The number of nitrogens with zero attached hydrogens (tertiary/aromatic N) is 3. The molecule has 2 fully saturated rings. The van der Waals surface area contributed by atoms with Crippen LogP contribution in [0.5, 0.6) is 0 Å². The Balaban J connectivity index is 1.44. The molecular weight excluding hydrogens is 390 g/mol. The van der Waals surface area contributed by atoms with Crippen molar-refractivity contribution < 1.29 is 9.53 Å². The molecule has 2 aliphatic heterocycles. The summed E-state index contributed by atoms with van der Waals surface area (Å²) in [6.45, 7) is 13.0. The maximum Gasteiger partial charge on any atom is 0.223 e. The topological polar surface area (TPSA) is 69.2 Å². The van der Waals surface area contributed by atoms with Gasteiger partial charge < -0.3 is 20.3 Å². The third-order valence-electron chi connectivity index (χ3n) is 6.21. The highest BCUT2D eigenvalue weighted by atomic mass is 16.5. The molecule has 1 aromatic carbocycles. The summed E-state index contributed by atoms with van der Waals surface area (Å²) < 4.78 is 5.55. The standard InChI is InChI=1S/C24H39N5O2/c1-4-25-24(26-15-19(2)29-12-13-31-18-20(29)3)27-16-22-14-23(30)28(17-22)11-10-21-8-6-5-7-9-21/h5-9,19-20,22H,4,10-18H2,1-3H3,(H2,25,26,27). The van der Waals surface area contributed by atoms with Crippen LogP contribution in [0, 0.1) is 5.92 Å². The SMILES string of the molecule is CCNC(=NCC(C)N1CCOCC1C)NCC1CC(=O)N(CCc2ccccc2)C1. The summed E-state index contributed by atoms with van der Waals surface area (Å²) >= 11 is 0. The Kier molecular flexibility index (Phi) is 9.15.